The Morgan fingerprint density at radius 1 is 0.692 bits per heavy atom. The quantitative estimate of drug-likeness (QED) is 0.423. The third-order valence-corrected chi connectivity index (χ3v) is 4.92. The SMILES string of the molecule is Cc1ccc(-c2cncnc2)cc1-n1c2ccccc2c2ccccc21. The van der Waals surface area contributed by atoms with Crippen LogP contribution in [-0.2, 0) is 0 Å². The first-order valence-corrected chi connectivity index (χ1v) is 8.67. The van der Waals surface area contributed by atoms with Gasteiger partial charge in [0.2, 0.25) is 0 Å². The molecule has 0 atom stereocenters. The van der Waals surface area contributed by atoms with Gasteiger partial charge in [0.1, 0.15) is 6.33 Å². The molecular formula is C23H17N3. The molecule has 0 amide bonds. The van der Waals surface area contributed by atoms with E-state index in [1.165, 1.54) is 33.1 Å². The van der Waals surface area contributed by atoms with Crippen molar-refractivity contribution in [2.45, 2.75) is 6.92 Å². The van der Waals surface area contributed by atoms with Gasteiger partial charge in [0.05, 0.1) is 11.0 Å². The molecule has 2 heterocycles. The Morgan fingerprint density at radius 3 is 1.96 bits per heavy atom. The summed E-state index contributed by atoms with van der Waals surface area (Å²) in [6, 6.07) is 23.7. The zero-order valence-corrected chi connectivity index (χ0v) is 14.4. The van der Waals surface area contributed by atoms with Crippen molar-refractivity contribution in [3.05, 3.63) is 91.0 Å². The average Bonchev–Trinajstić information content (AvgIpc) is 3.04. The number of fused-ring (bicyclic) bond motifs is 3. The maximum atomic E-state index is 4.16. The van der Waals surface area contributed by atoms with E-state index in [1.54, 1.807) is 6.33 Å². The van der Waals surface area contributed by atoms with Gasteiger partial charge in [-0.15, -0.1) is 0 Å². The van der Waals surface area contributed by atoms with Crippen molar-refractivity contribution in [2.75, 3.05) is 0 Å². The van der Waals surface area contributed by atoms with Gasteiger partial charge in [-0.2, -0.15) is 0 Å². The van der Waals surface area contributed by atoms with Gasteiger partial charge >= 0.3 is 0 Å². The van der Waals surface area contributed by atoms with Gasteiger partial charge in [-0.1, -0.05) is 48.5 Å². The Labute approximate surface area is 151 Å². The molecule has 0 aliphatic carbocycles. The number of hydrogen-bond donors (Lipinski definition) is 0. The van der Waals surface area contributed by atoms with Crippen LogP contribution in [0, 0.1) is 6.92 Å². The van der Waals surface area contributed by atoms with Crippen LogP contribution in [0.1, 0.15) is 5.56 Å². The lowest BCUT2D eigenvalue weighted by molar-refractivity contribution is 1.14. The van der Waals surface area contributed by atoms with Crippen LogP contribution in [0.2, 0.25) is 0 Å². The summed E-state index contributed by atoms with van der Waals surface area (Å²) in [4.78, 5) is 8.32. The summed E-state index contributed by atoms with van der Waals surface area (Å²) in [6.07, 6.45) is 5.27. The number of rotatable bonds is 2. The first-order chi connectivity index (χ1) is 12.8. The van der Waals surface area contributed by atoms with Crippen molar-refractivity contribution in [1.29, 1.82) is 0 Å². The van der Waals surface area contributed by atoms with E-state index in [1.807, 2.05) is 12.4 Å². The molecule has 3 aromatic carbocycles. The standard InChI is InChI=1S/C23H17N3/c1-16-10-11-17(18-13-24-15-25-14-18)12-23(16)26-21-8-4-2-6-19(21)20-7-3-5-9-22(20)26/h2-15H,1H3. The molecule has 5 rings (SSSR count). The lowest BCUT2D eigenvalue weighted by atomic mass is 10.0. The maximum absolute atomic E-state index is 4.16. The van der Waals surface area contributed by atoms with Gasteiger partial charge in [-0.3, -0.25) is 0 Å². The fraction of sp³-hybridized carbons (Fsp3) is 0.0435. The van der Waals surface area contributed by atoms with Crippen LogP contribution in [0.5, 0.6) is 0 Å². The van der Waals surface area contributed by atoms with Crippen molar-refractivity contribution in [2.24, 2.45) is 0 Å². The first-order valence-electron chi connectivity index (χ1n) is 8.67. The molecule has 2 aromatic heterocycles. The molecule has 0 bridgehead atoms. The van der Waals surface area contributed by atoms with Crippen LogP contribution in [0.25, 0.3) is 38.6 Å². The highest BCUT2D eigenvalue weighted by molar-refractivity contribution is 6.09. The molecule has 0 saturated heterocycles. The average molecular weight is 335 g/mol. The topological polar surface area (TPSA) is 30.7 Å². The van der Waals surface area contributed by atoms with Gasteiger partial charge in [0, 0.05) is 34.4 Å². The highest BCUT2D eigenvalue weighted by Crippen LogP contribution is 2.34. The molecular weight excluding hydrogens is 318 g/mol. The van der Waals surface area contributed by atoms with E-state index in [0.29, 0.717) is 0 Å². The predicted molar refractivity (Wildman–Crippen MR) is 107 cm³/mol. The van der Waals surface area contributed by atoms with Crippen LogP contribution in [0.3, 0.4) is 0 Å². The van der Waals surface area contributed by atoms with Crippen LogP contribution in [0.15, 0.2) is 85.5 Å². The largest absolute Gasteiger partial charge is 0.309 e. The minimum Gasteiger partial charge on any atom is -0.309 e. The molecule has 26 heavy (non-hydrogen) atoms. The molecule has 3 heteroatoms. The first kappa shape index (κ1) is 14.8. The molecule has 0 N–H and O–H groups in total. The van der Waals surface area contributed by atoms with E-state index in [2.05, 4.69) is 88.2 Å². The van der Waals surface area contributed by atoms with E-state index >= 15 is 0 Å². The number of nitrogens with zero attached hydrogens (tertiary/aromatic N) is 3. The van der Waals surface area contributed by atoms with Crippen LogP contribution >= 0.6 is 0 Å². The highest BCUT2D eigenvalue weighted by atomic mass is 15.0. The molecule has 0 radical (unpaired) electrons. The minimum atomic E-state index is 1.02. The Balaban J connectivity index is 1.85. The predicted octanol–water partition coefficient (Wildman–Crippen LogP) is 5.55. The molecule has 124 valence electrons. The Hall–Kier alpha value is -3.46. The van der Waals surface area contributed by atoms with Crippen molar-refractivity contribution >= 4 is 21.8 Å². The summed E-state index contributed by atoms with van der Waals surface area (Å²) in [5.41, 5.74) is 7.00. The maximum Gasteiger partial charge on any atom is 0.115 e. The minimum absolute atomic E-state index is 1.02. The number of para-hydroxylation sites is 2. The summed E-state index contributed by atoms with van der Waals surface area (Å²) in [6.45, 7) is 2.16. The normalized spacial score (nSPS) is 11.3. The van der Waals surface area contributed by atoms with E-state index in [0.717, 1.165) is 11.1 Å². The fourth-order valence-electron chi connectivity index (χ4n) is 3.66. The molecule has 3 nitrogen and oxygen atoms in total. The fourth-order valence-corrected chi connectivity index (χ4v) is 3.66. The Bertz CT molecular complexity index is 1180. The Kier molecular flexibility index (Phi) is 3.32. The number of benzene rings is 3. The Morgan fingerprint density at radius 2 is 1.31 bits per heavy atom. The third-order valence-electron chi connectivity index (χ3n) is 4.92. The number of hydrogen-bond acceptors (Lipinski definition) is 2. The summed E-state index contributed by atoms with van der Waals surface area (Å²) in [7, 11) is 0. The summed E-state index contributed by atoms with van der Waals surface area (Å²) in [5, 5.41) is 2.55. The highest BCUT2D eigenvalue weighted by Gasteiger charge is 2.13. The van der Waals surface area contributed by atoms with E-state index in [4.69, 9.17) is 0 Å². The smallest absolute Gasteiger partial charge is 0.115 e. The van der Waals surface area contributed by atoms with E-state index < -0.39 is 0 Å². The van der Waals surface area contributed by atoms with Crippen LogP contribution in [0.4, 0.5) is 0 Å². The van der Waals surface area contributed by atoms with Crippen molar-refractivity contribution in [1.82, 2.24) is 14.5 Å². The number of aryl methyl sites for hydroxylation is 1. The summed E-state index contributed by atoms with van der Waals surface area (Å²) < 4.78 is 2.35. The van der Waals surface area contributed by atoms with Gasteiger partial charge < -0.3 is 4.57 Å². The zero-order valence-electron chi connectivity index (χ0n) is 14.4. The second-order valence-corrected chi connectivity index (χ2v) is 6.50. The lowest BCUT2D eigenvalue weighted by Gasteiger charge is -2.13. The van der Waals surface area contributed by atoms with Crippen LogP contribution < -0.4 is 0 Å². The van der Waals surface area contributed by atoms with Gasteiger partial charge in [0.25, 0.3) is 0 Å². The monoisotopic (exact) mass is 335 g/mol. The van der Waals surface area contributed by atoms with Crippen LogP contribution in [-0.4, -0.2) is 14.5 Å². The molecule has 0 saturated carbocycles. The van der Waals surface area contributed by atoms with Crippen molar-refractivity contribution < 1.29 is 0 Å². The summed E-state index contributed by atoms with van der Waals surface area (Å²) in [5.74, 6) is 0. The van der Waals surface area contributed by atoms with E-state index in [9.17, 15) is 0 Å². The number of aromatic nitrogens is 3. The van der Waals surface area contributed by atoms with Gasteiger partial charge in [0.15, 0.2) is 0 Å². The molecule has 0 unspecified atom stereocenters. The molecule has 0 fully saturated rings. The van der Waals surface area contributed by atoms with Gasteiger partial charge in [-0.25, -0.2) is 9.97 Å². The van der Waals surface area contributed by atoms with Crippen molar-refractivity contribution in [3.8, 4) is 16.8 Å². The molecule has 5 aromatic rings. The molecule has 0 spiro atoms. The molecule has 0 aliphatic rings. The van der Waals surface area contributed by atoms with Gasteiger partial charge in [-0.05, 0) is 36.2 Å². The third kappa shape index (κ3) is 2.21. The molecule has 0 aliphatic heterocycles. The summed E-state index contributed by atoms with van der Waals surface area (Å²) >= 11 is 0. The van der Waals surface area contributed by atoms with Crippen molar-refractivity contribution in [3.63, 3.8) is 0 Å². The van der Waals surface area contributed by atoms with E-state index in [-0.39, 0.29) is 0 Å². The second-order valence-electron chi connectivity index (χ2n) is 6.50. The lowest BCUT2D eigenvalue weighted by Crippen LogP contribution is -1.97. The second kappa shape index (κ2) is 5.81. The zero-order chi connectivity index (χ0) is 17.5.